The first-order valence-corrected chi connectivity index (χ1v) is 17.7. The Balaban J connectivity index is 3.02. The van der Waals surface area contributed by atoms with E-state index in [9.17, 15) is 4.79 Å². The predicted molar refractivity (Wildman–Crippen MR) is 169 cm³/mol. The van der Waals surface area contributed by atoms with Gasteiger partial charge in [0.15, 0.2) is 0 Å². The first-order chi connectivity index (χ1) is 18.8. The highest BCUT2D eigenvalue weighted by atomic mass is 16.4. The second-order valence-electron chi connectivity index (χ2n) is 12.1. The molecule has 0 aliphatic carbocycles. The minimum atomic E-state index is -0.651. The van der Waals surface area contributed by atoms with Crippen LogP contribution in [-0.4, -0.2) is 24.2 Å². The third kappa shape index (κ3) is 35.4. The first-order valence-electron chi connectivity index (χ1n) is 17.7. The van der Waals surface area contributed by atoms with Gasteiger partial charge < -0.3 is 10.4 Å². The van der Waals surface area contributed by atoms with Crippen molar-refractivity contribution in [1.82, 2.24) is 5.32 Å². The van der Waals surface area contributed by atoms with Crippen molar-refractivity contribution >= 4 is 5.97 Å². The Morgan fingerprint density at radius 2 is 0.632 bits per heavy atom. The van der Waals surface area contributed by atoms with Crippen LogP contribution in [0, 0.1) is 0 Å². The molecule has 38 heavy (non-hydrogen) atoms. The Morgan fingerprint density at radius 1 is 0.395 bits per heavy atom. The number of carboxylic acids is 1. The number of rotatable bonds is 34. The van der Waals surface area contributed by atoms with Crippen LogP contribution < -0.4 is 5.32 Å². The number of nitrogens with one attached hydrogen (secondary N) is 1. The molecule has 0 spiro atoms. The summed E-state index contributed by atoms with van der Waals surface area (Å²) in [6.45, 7) is 4.73. The number of carboxylic acid groups (broad SMARTS) is 1. The third-order valence-corrected chi connectivity index (χ3v) is 8.20. The third-order valence-electron chi connectivity index (χ3n) is 8.20. The summed E-state index contributed by atoms with van der Waals surface area (Å²) in [5.74, 6) is -0.651. The standard InChI is InChI=1S/C35H71NO2/c1-2-3-4-5-6-7-8-9-10-11-12-13-15-18-21-24-27-30-33-36-34-31-28-25-22-19-16-14-17-20-23-26-29-32-35(37)38/h36H,2-34H2,1H3,(H,37,38). The topological polar surface area (TPSA) is 49.3 Å². The van der Waals surface area contributed by atoms with Crippen molar-refractivity contribution in [1.29, 1.82) is 0 Å². The zero-order chi connectivity index (χ0) is 27.6. The maximum absolute atomic E-state index is 10.5. The number of hydrogen-bond donors (Lipinski definition) is 2. The molecule has 0 saturated carbocycles. The van der Waals surface area contributed by atoms with Gasteiger partial charge in [0.05, 0.1) is 0 Å². The molecule has 0 aromatic carbocycles. The SMILES string of the molecule is CCCCCCCCCCCCCCCCCCCCNCCCCCCCCCCCCCCC(=O)O. The summed E-state index contributed by atoms with van der Waals surface area (Å²) in [5, 5.41) is 12.3. The van der Waals surface area contributed by atoms with E-state index in [0.29, 0.717) is 6.42 Å². The largest absolute Gasteiger partial charge is 0.481 e. The molecule has 3 heteroatoms. The van der Waals surface area contributed by atoms with E-state index >= 15 is 0 Å². The summed E-state index contributed by atoms with van der Waals surface area (Å²) in [5.41, 5.74) is 0. The molecule has 0 heterocycles. The van der Waals surface area contributed by atoms with E-state index in [2.05, 4.69) is 12.2 Å². The second-order valence-corrected chi connectivity index (χ2v) is 12.1. The normalized spacial score (nSPS) is 11.4. The summed E-state index contributed by atoms with van der Waals surface area (Å²) in [6.07, 6.45) is 41.8. The molecule has 0 rings (SSSR count). The molecule has 0 unspecified atom stereocenters. The smallest absolute Gasteiger partial charge is 0.303 e. The van der Waals surface area contributed by atoms with Gasteiger partial charge in [0, 0.05) is 6.42 Å². The van der Waals surface area contributed by atoms with Crippen LogP contribution in [0.25, 0.3) is 0 Å². The number of unbranched alkanes of at least 4 members (excludes halogenated alkanes) is 28. The van der Waals surface area contributed by atoms with Crippen LogP contribution in [0.4, 0.5) is 0 Å². The Morgan fingerprint density at radius 3 is 0.895 bits per heavy atom. The van der Waals surface area contributed by atoms with Crippen molar-refractivity contribution in [2.45, 2.75) is 206 Å². The van der Waals surface area contributed by atoms with Gasteiger partial charge in [-0.1, -0.05) is 180 Å². The Bertz CT molecular complexity index is 440. The van der Waals surface area contributed by atoms with E-state index in [1.807, 2.05) is 0 Å². The van der Waals surface area contributed by atoms with E-state index in [4.69, 9.17) is 5.11 Å². The molecule has 3 nitrogen and oxygen atoms in total. The molecule has 0 aromatic rings. The predicted octanol–water partition coefficient (Wildman–Crippen LogP) is 11.8. The highest BCUT2D eigenvalue weighted by Crippen LogP contribution is 2.15. The van der Waals surface area contributed by atoms with Gasteiger partial charge in [-0.25, -0.2) is 0 Å². The lowest BCUT2D eigenvalue weighted by Crippen LogP contribution is -2.16. The quantitative estimate of drug-likeness (QED) is 0.0802. The zero-order valence-corrected chi connectivity index (χ0v) is 26.2. The van der Waals surface area contributed by atoms with Gasteiger partial charge in [0.25, 0.3) is 0 Å². The van der Waals surface area contributed by atoms with E-state index in [1.54, 1.807) is 0 Å². The molecule has 0 atom stereocenters. The summed E-state index contributed by atoms with van der Waals surface area (Å²) >= 11 is 0. The fraction of sp³-hybridized carbons (Fsp3) is 0.971. The summed E-state index contributed by atoms with van der Waals surface area (Å²) in [4.78, 5) is 10.5. The van der Waals surface area contributed by atoms with Gasteiger partial charge in [0.1, 0.15) is 0 Å². The minimum Gasteiger partial charge on any atom is -0.481 e. The molecule has 0 radical (unpaired) electrons. The number of hydrogen-bond acceptors (Lipinski definition) is 2. The summed E-state index contributed by atoms with van der Waals surface area (Å²) in [7, 11) is 0. The fourth-order valence-corrected chi connectivity index (χ4v) is 5.57. The number of aliphatic carboxylic acids is 1. The van der Waals surface area contributed by atoms with E-state index in [0.717, 1.165) is 12.8 Å². The van der Waals surface area contributed by atoms with E-state index in [1.165, 1.54) is 193 Å². The molecular weight excluding hydrogens is 466 g/mol. The van der Waals surface area contributed by atoms with E-state index < -0.39 is 5.97 Å². The maximum Gasteiger partial charge on any atom is 0.303 e. The van der Waals surface area contributed by atoms with Crippen LogP contribution in [0.2, 0.25) is 0 Å². The minimum absolute atomic E-state index is 0.342. The monoisotopic (exact) mass is 538 g/mol. The van der Waals surface area contributed by atoms with Gasteiger partial charge in [-0.15, -0.1) is 0 Å². The Labute approximate surface area is 240 Å². The van der Waals surface area contributed by atoms with Gasteiger partial charge in [-0.2, -0.15) is 0 Å². The van der Waals surface area contributed by atoms with Crippen molar-refractivity contribution in [2.75, 3.05) is 13.1 Å². The van der Waals surface area contributed by atoms with Crippen molar-refractivity contribution < 1.29 is 9.90 Å². The highest BCUT2D eigenvalue weighted by Gasteiger charge is 1.98. The number of carbonyl (C=O) groups is 1. The lowest BCUT2D eigenvalue weighted by atomic mass is 10.0. The fourth-order valence-electron chi connectivity index (χ4n) is 5.57. The lowest BCUT2D eigenvalue weighted by molar-refractivity contribution is -0.137. The summed E-state index contributed by atoms with van der Waals surface area (Å²) < 4.78 is 0. The molecule has 0 aliphatic rings. The molecule has 2 N–H and O–H groups in total. The van der Waals surface area contributed by atoms with Crippen LogP contribution in [0.5, 0.6) is 0 Å². The average Bonchev–Trinajstić information content (AvgIpc) is 2.91. The van der Waals surface area contributed by atoms with Crippen molar-refractivity contribution in [2.24, 2.45) is 0 Å². The van der Waals surface area contributed by atoms with Crippen LogP contribution in [0.1, 0.15) is 206 Å². The molecule has 228 valence electrons. The Kier molecular flexibility index (Phi) is 33.9. The van der Waals surface area contributed by atoms with E-state index in [-0.39, 0.29) is 0 Å². The average molecular weight is 538 g/mol. The molecule has 0 bridgehead atoms. The van der Waals surface area contributed by atoms with Crippen LogP contribution in [-0.2, 0) is 4.79 Å². The molecule has 0 amide bonds. The van der Waals surface area contributed by atoms with Crippen molar-refractivity contribution in [3.05, 3.63) is 0 Å². The van der Waals surface area contributed by atoms with Crippen molar-refractivity contribution in [3.8, 4) is 0 Å². The highest BCUT2D eigenvalue weighted by molar-refractivity contribution is 5.66. The van der Waals surface area contributed by atoms with Crippen LogP contribution in [0.3, 0.4) is 0 Å². The zero-order valence-electron chi connectivity index (χ0n) is 26.2. The Hall–Kier alpha value is -0.570. The molecule has 0 fully saturated rings. The van der Waals surface area contributed by atoms with Crippen LogP contribution in [0.15, 0.2) is 0 Å². The molecule has 0 aromatic heterocycles. The van der Waals surface area contributed by atoms with Gasteiger partial charge >= 0.3 is 5.97 Å². The maximum atomic E-state index is 10.5. The molecule has 0 aliphatic heterocycles. The van der Waals surface area contributed by atoms with Crippen molar-refractivity contribution in [3.63, 3.8) is 0 Å². The first kappa shape index (κ1) is 37.4. The molecular formula is C35H71NO2. The summed E-state index contributed by atoms with van der Waals surface area (Å²) in [6, 6.07) is 0. The lowest BCUT2D eigenvalue weighted by Gasteiger charge is -2.06. The van der Waals surface area contributed by atoms with Crippen LogP contribution >= 0.6 is 0 Å². The van der Waals surface area contributed by atoms with Gasteiger partial charge in [-0.05, 0) is 32.4 Å². The molecule has 0 saturated heterocycles. The second kappa shape index (κ2) is 34.5. The van der Waals surface area contributed by atoms with Gasteiger partial charge in [-0.3, -0.25) is 4.79 Å². The van der Waals surface area contributed by atoms with Gasteiger partial charge in [0.2, 0.25) is 0 Å².